The zero-order valence-corrected chi connectivity index (χ0v) is 49.8. The molecule has 15 N–H and O–H groups in total. The summed E-state index contributed by atoms with van der Waals surface area (Å²) >= 11 is 0. The van der Waals surface area contributed by atoms with E-state index in [0.29, 0.717) is 38.5 Å². The van der Waals surface area contributed by atoms with Crippen LogP contribution in [-0.2, 0) is 52.2 Å². The molecule has 5 aliphatic heterocycles. The van der Waals surface area contributed by atoms with Gasteiger partial charge in [-0.05, 0) is 116 Å². The normalized spacial score (nSPS) is 54.1. The van der Waals surface area contributed by atoms with Gasteiger partial charge in [0, 0.05) is 0 Å². The van der Waals surface area contributed by atoms with E-state index in [1.807, 2.05) is 0 Å². The van der Waals surface area contributed by atoms with Crippen LogP contribution in [0.25, 0.3) is 0 Å². The van der Waals surface area contributed by atoms with Crippen LogP contribution in [0.15, 0.2) is 11.6 Å². The fourth-order valence-electron chi connectivity index (χ4n) is 17.6. The van der Waals surface area contributed by atoms with Crippen LogP contribution < -0.4 is 0 Å². The highest BCUT2D eigenvalue weighted by Crippen LogP contribution is 2.76. The third-order valence-electron chi connectivity index (χ3n) is 23.1. The first kappa shape index (κ1) is 66.2. The molecular formula is C59H96O26. The molecule has 32 atom stereocenters. The van der Waals surface area contributed by atoms with Gasteiger partial charge in [0.2, 0.25) is 6.29 Å². The predicted molar refractivity (Wildman–Crippen MR) is 288 cm³/mol. The molecule has 26 heteroatoms. The number of rotatable bonds is 13. The Morgan fingerprint density at radius 1 is 0.553 bits per heavy atom. The van der Waals surface area contributed by atoms with E-state index in [4.69, 9.17) is 47.4 Å². The third kappa shape index (κ3) is 11.2. The van der Waals surface area contributed by atoms with Gasteiger partial charge < -0.3 is 124 Å². The number of fused-ring (bicyclic) bond motifs is 7. The standard InChI is InChI=1S/C59H96O26/c1-24-34(63)38(67)42(71)49(78-24)83-46-29(21-61)80-48(45(74)41(46)70)77-23-30-37(66)40(69)44(73)51(81-30)85-53(75)59-17-15-54(2,3)19-26(59)25-9-10-32-56(6)13-12-33(55(4,5)31(56)11-14-58(32,8)57(25,7)16-18-59)82-52-47(35(64)27(62)22-76-52)84-50-43(72)39(68)36(65)28(20-60)79-50/h9,24,26-52,60-74H,10-23H2,1-8H3/t24-,26?,27-,28+,29+,30+,31?,32?,33-,34-,35-,36+,37+,38+,39-,40-,41+,42+,43+,44+,45+,46+,47+,48+,49-,50-,51-,52-,56-,57+,58+,59-/m0/s1. The van der Waals surface area contributed by atoms with E-state index in [9.17, 15) is 76.6 Å². The van der Waals surface area contributed by atoms with E-state index in [1.165, 1.54) is 12.5 Å². The summed E-state index contributed by atoms with van der Waals surface area (Å²) in [5, 5.41) is 161. The van der Waals surface area contributed by atoms with E-state index >= 15 is 4.79 Å². The van der Waals surface area contributed by atoms with Crippen molar-refractivity contribution in [3.8, 4) is 0 Å². The average Bonchev–Trinajstić information content (AvgIpc) is 0.699. The van der Waals surface area contributed by atoms with Crippen molar-refractivity contribution in [2.75, 3.05) is 26.4 Å². The van der Waals surface area contributed by atoms with Crippen LogP contribution in [0, 0.1) is 50.2 Å². The number of allylic oxidation sites excluding steroid dienone is 2. The highest BCUT2D eigenvalue weighted by molar-refractivity contribution is 5.79. The minimum Gasteiger partial charge on any atom is -0.432 e. The molecular weight excluding hydrogens is 1120 g/mol. The van der Waals surface area contributed by atoms with Gasteiger partial charge in [-0.25, -0.2) is 0 Å². The minimum absolute atomic E-state index is 0.141. The average molecular weight is 1220 g/mol. The maximum Gasteiger partial charge on any atom is 0.315 e. The molecule has 0 bridgehead atoms. The van der Waals surface area contributed by atoms with Crippen molar-refractivity contribution in [2.24, 2.45) is 50.2 Å². The number of carbonyl (C=O) groups excluding carboxylic acids is 1. The molecule has 0 amide bonds. The van der Waals surface area contributed by atoms with Crippen molar-refractivity contribution in [1.29, 1.82) is 0 Å². The molecule has 9 fully saturated rings. The molecule has 85 heavy (non-hydrogen) atoms. The number of aliphatic hydroxyl groups excluding tert-OH is 15. The van der Waals surface area contributed by atoms with E-state index in [-0.39, 0.29) is 46.0 Å². The van der Waals surface area contributed by atoms with Gasteiger partial charge in [-0.15, -0.1) is 0 Å². The van der Waals surface area contributed by atoms with Crippen molar-refractivity contribution in [3.05, 3.63) is 11.6 Å². The number of hydrogen-bond acceptors (Lipinski definition) is 26. The zero-order chi connectivity index (χ0) is 62.0. The molecule has 10 aliphatic rings. The molecule has 0 aromatic carbocycles. The second-order valence-corrected chi connectivity index (χ2v) is 28.7. The SMILES string of the molecule is C[C@@H]1O[C@@H](O[C@H]2[C@H](O)[C@@H](O)[C@H](OC[C@H]3O[C@@H](OC(=O)[C@]45CCC(C)(C)CC4C4=CCC6[C@@]7(C)CC[C@H](O[C@@H]8OC[C@H](O)[C@H](O)[C@H]8O[C@@H]8O[C@H](CO)[C@@H](O)[C@H](O)[C@H]8O)C(C)(C)C7CC[C@@]6(C)[C@]4(C)CC5)[C@H](O)[C@@H](O)[C@@H]3O)O[C@@H]2CO)[C@H](O)[C@H](O)[C@H]1O. The van der Waals surface area contributed by atoms with Gasteiger partial charge in [-0.3, -0.25) is 4.79 Å². The summed E-state index contributed by atoms with van der Waals surface area (Å²) in [5.74, 6) is -0.520. The van der Waals surface area contributed by atoms with Crippen molar-refractivity contribution in [2.45, 2.75) is 273 Å². The number of esters is 1. The summed E-state index contributed by atoms with van der Waals surface area (Å²) in [7, 11) is 0. The Kier molecular flexibility index (Phi) is 19.0. The Morgan fingerprint density at radius 3 is 1.80 bits per heavy atom. The maximum atomic E-state index is 15.2. The largest absolute Gasteiger partial charge is 0.432 e. The number of aliphatic hydroxyl groups is 15. The molecule has 5 heterocycles. The first-order valence-corrected chi connectivity index (χ1v) is 30.6. The Morgan fingerprint density at radius 2 is 1.13 bits per heavy atom. The van der Waals surface area contributed by atoms with Crippen LogP contribution in [-0.4, -0.2) is 263 Å². The van der Waals surface area contributed by atoms with Crippen LogP contribution in [0.1, 0.15) is 120 Å². The van der Waals surface area contributed by atoms with Crippen molar-refractivity contribution in [1.82, 2.24) is 0 Å². The highest BCUT2D eigenvalue weighted by Gasteiger charge is 2.70. The quantitative estimate of drug-likeness (QED) is 0.0513. The van der Waals surface area contributed by atoms with Crippen LogP contribution in [0.2, 0.25) is 0 Å². The molecule has 4 saturated carbocycles. The molecule has 0 radical (unpaired) electrons. The van der Waals surface area contributed by atoms with Crippen molar-refractivity contribution in [3.63, 3.8) is 0 Å². The third-order valence-corrected chi connectivity index (χ3v) is 23.1. The van der Waals surface area contributed by atoms with Crippen LogP contribution in [0.4, 0.5) is 0 Å². The molecule has 10 rings (SSSR count). The van der Waals surface area contributed by atoms with Crippen molar-refractivity contribution < 1.29 is 129 Å². The smallest absolute Gasteiger partial charge is 0.315 e. The van der Waals surface area contributed by atoms with E-state index in [2.05, 4.69) is 54.5 Å². The summed E-state index contributed by atoms with van der Waals surface area (Å²) in [5.41, 5.74) is -1.25. The molecule has 5 saturated heterocycles. The van der Waals surface area contributed by atoms with Gasteiger partial charge in [-0.1, -0.05) is 60.1 Å². The van der Waals surface area contributed by atoms with E-state index in [1.54, 1.807) is 0 Å². The highest BCUT2D eigenvalue weighted by atomic mass is 16.8. The topological polar surface area (TPSA) is 413 Å². The number of carbonyl (C=O) groups is 1. The molecule has 0 aromatic rings. The van der Waals surface area contributed by atoms with E-state index in [0.717, 1.165) is 25.7 Å². The lowest BCUT2D eigenvalue weighted by atomic mass is 9.33. The lowest BCUT2D eigenvalue weighted by Crippen LogP contribution is -2.66. The molecule has 488 valence electrons. The second kappa shape index (κ2) is 24.4. The van der Waals surface area contributed by atoms with Crippen LogP contribution in [0.5, 0.6) is 0 Å². The van der Waals surface area contributed by atoms with Gasteiger partial charge in [-0.2, -0.15) is 0 Å². The molecule has 0 aromatic heterocycles. The Bertz CT molecular complexity index is 2360. The summed E-state index contributed by atoms with van der Waals surface area (Å²) in [6, 6.07) is 0. The van der Waals surface area contributed by atoms with Crippen LogP contribution >= 0.6 is 0 Å². The monoisotopic (exact) mass is 1220 g/mol. The summed E-state index contributed by atoms with van der Waals surface area (Å²) in [4.78, 5) is 15.2. The molecule has 0 spiro atoms. The molecule has 5 aliphatic carbocycles. The Hall–Kier alpha value is -1.75. The lowest BCUT2D eigenvalue weighted by molar-refractivity contribution is -0.367. The fourth-order valence-corrected chi connectivity index (χ4v) is 17.6. The fraction of sp³-hybridized carbons (Fsp3) is 0.949. The van der Waals surface area contributed by atoms with Crippen LogP contribution in [0.3, 0.4) is 0 Å². The van der Waals surface area contributed by atoms with Crippen molar-refractivity contribution >= 4 is 5.97 Å². The van der Waals surface area contributed by atoms with Gasteiger partial charge >= 0.3 is 5.97 Å². The first-order chi connectivity index (χ1) is 39.8. The van der Waals surface area contributed by atoms with E-state index < -0.39 is 190 Å². The van der Waals surface area contributed by atoms with Gasteiger partial charge in [0.1, 0.15) is 110 Å². The van der Waals surface area contributed by atoms with Gasteiger partial charge in [0.15, 0.2) is 25.2 Å². The Labute approximate surface area is 494 Å². The first-order valence-electron chi connectivity index (χ1n) is 30.6. The second-order valence-electron chi connectivity index (χ2n) is 28.7. The summed E-state index contributed by atoms with van der Waals surface area (Å²) in [6.07, 6.45) is -29.5. The van der Waals surface area contributed by atoms with Gasteiger partial charge in [0.25, 0.3) is 0 Å². The lowest BCUT2D eigenvalue weighted by Gasteiger charge is -2.71. The maximum absolute atomic E-state index is 15.2. The summed E-state index contributed by atoms with van der Waals surface area (Å²) < 4.78 is 59.4. The summed E-state index contributed by atoms with van der Waals surface area (Å²) in [6.45, 7) is 15.0. The molecule has 26 nitrogen and oxygen atoms in total. The molecule has 3 unspecified atom stereocenters. The Balaban J connectivity index is 0.824. The number of ether oxygens (including phenoxy) is 10. The minimum atomic E-state index is -1.89. The number of hydrogen-bond donors (Lipinski definition) is 15. The zero-order valence-electron chi connectivity index (χ0n) is 49.8. The van der Waals surface area contributed by atoms with Gasteiger partial charge in [0.05, 0.1) is 44.1 Å². The predicted octanol–water partition coefficient (Wildman–Crippen LogP) is -2.54.